The standard InChI is InChI=1S/C12H14ClNO2/c1-2-16-12(15)5-3-4-9-6-7-10(14)8-11(9)13/h3-4,6-8H,2,5,14H2,1H3. The van der Waals surface area contributed by atoms with Crippen molar-refractivity contribution < 1.29 is 9.53 Å². The average molecular weight is 240 g/mol. The zero-order valence-electron chi connectivity index (χ0n) is 9.07. The van der Waals surface area contributed by atoms with E-state index in [9.17, 15) is 4.79 Å². The minimum atomic E-state index is -0.245. The highest BCUT2D eigenvalue weighted by atomic mass is 35.5. The highest BCUT2D eigenvalue weighted by molar-refractivity contribution is 6.32. The third kappa shape index (κ3) is 3.95. The van der Waals surface area contributed by atoms with Crippen molar-refractivity contribution in [1.82, 2.24) is 0 Å². The molecular weight excluding hydrogens is 226 g/mol. The van der Waals surface area contributed by atoms with Crippen LogP contribution in [0.4, 0.5) is 5.69 Å². The van der Waals surface area contributed by atoms with Crippen LogP contribution in [0.3, 0.4) is 0 Å². The number of carbonyl (C=O) groups excluding carboxylic acids is 1. The monoisotopic (exact) mass is 239 g/mol. The number of ether oxygens (including phenoxy) is 1. The van der Waals surface area contributed by atoms with Gasteiger partial charge in [0, 0.05) is 10.7 Å². The van der Waals surface area contributed by atoms with Crippen LogP contribution in [0.2, 0.25) is 5.02 Å². The summed E-state index contributed by atoms with van der Waals surface area (Å²) in [5.74, 6) is -0.245. The summed E-state index contributed by atoms with van der Waals surface area (Å²) in [5.41, 5.74) is 7.01. The molecule has 0 aromatic heterocycles. The van der Waals surface area contributed by atoms with Gasteiger partial charge < -0.3 is 10.5 Å². The number of benzene rings is 1. The fraction of sp³-hybridized carbons (Fsp3) is 0.250. The zero-order chi connectivity index (χ0) is 12.0. The molecule has 0 aliphatic rings. The van der Waals surface area contributed by atoms with Crippen LogP contribution in [-0.4, -0.2) is 12.6 Å². The second-order valence-corrected chi connectivity index (χ2v) is 3.60. The molecule has 1 rings (SSSR count). The Morgan fingerprint density at radius 2 is 2.31 bits per heavy atom. The first kappa shape index (κ1) is 12.6. The van der Waals surface area contributed by atoms with Gasteiger partial charge in [-0.3, -0.25) is 4.79 Å². The summed E-state index contributed by atoms with van der Waals surface area (Å²) in [6, 6.07) is 5.24. The quantitative estimate of drug-likeness (QED) is 0.649. The highest BCUT2D eigenvalue weighted by Crippen LogP contribution is 2.20. The summed E-state index contributed by atoms with van der Waals surface area (Å²) in [6.45, 7) is 2.17. The van der Waals surface area contributed by atoms with Crippen molar-refractivity contribution in [2.45, 2.75) is 13.3 Å². The van der Waals surface area contributed by atoms with Crippen LogP contribution in [0.5, 0.6) is 0 Å². The molecule has 0 atom stereocenters. The SMILES string of the molecule is CCOC(=O)CC=Cc1ccc(N)cc1Cl. The topological polar surface area (TPSA) is 52.3 Å². The first-order chi connectivity index (χ1) is 7.63. The lowest BCUT2D eigenvalue weighted by atomic mass is 10.2. The van der Waals surface area contributed by atoms with Crippen LogP contribution in [0.1, 0.15) is 18.9 Å². The number of esters is 1. The Morgan fingerprint density at radius 3 is 2.94 bits per heavy atom. The molecule has 1 aromatic rings. The Labute approximate surface area is 99.8 Å². The molecule has 0 spiro atoms. The molecule has 2 N–H and O–H groups in total. The average Bonchev–Trinajstić information content (AvgIpc) is 2.22. The molecule has 0 amide bonds. The maximum absolute atomic E-state index is 11.0. The first-order valence-corrected chi connectivity index (χ1v) is 5.38. The minimum absolute atomic E-state index is 0.245. The van der Waals surface area contributed by atoms with Crippen molar-refractivity contribution in [2.75, 3.05) is 12.3 Å². The predicted octanol–water partition coefficient (Wildman–Crippen LogP) is 2.89. The van der Waals surface area contributed by atoms with Crippen LogP contribution in [0, 0.1) is 0 Å². The maximum Gasteiger partial charge on any atom is 0.309 e. The van der Waals surface area contributed by atoms with Crippen molar-refractivity contribution in [3.8, 4) is 0 Å². The number of carbonyl (C=O) groups is 1. The van der Waals surface area contributed by atoms with Crippen LogP contribution in [-0.2, 0) is 9.53 Å². The van der Waals surface area contributed by atoms with E-state index in [2.05, 4.69) is 0 Å². The lowest BCUT2D eigenvalue weighted by molar-refractivity contribution is -0.142. The Balaban J connectivity index is 2.59. The molecule has 1 aromatic carbocycles. The van der Waals surface area contributed by atoms with Crippen molar-refractivity contribution in [1.29, 1.82) is 0 Å². The summed E-state index contributed by atoms with van der Waals surface area (Å²) in [6.07, 6.45) is 3.74. The number of nitrogens with two attached hydrogens (primary N) is 1. The molecule has 0 aliphatic heterocycles. The second-order valence-electron chi connectivity index (χ2n) is 3.19. The highest BCUT2D eigenvalue weighted by Gasteiger charge is 1.99. The van der Waals surface area contributed by atoms with E-state index in [-0.39, 0.29) is 12.4 Å². The Kier molecular flexibility index (Phi) is 4.86. The lowest BCUT2D eigenvalue weighted by Gasteiger charge is -2.00. The first-order valence-electron chi connectivity index (χ1n) is 5.00. The fourth-order valence-electron chi connectivity index (χ4n) is 1.18. The van der Waals surface area contributed by atoms with Crippen molar-refractivity contribution in [3.05, 3.63) is 34.9 Å². The lowest BCUT2D eigenvalue weighted by Crippen LogP contribution is -2.01. The van der Waals surface area contributed by atoms with Gasteiger partial charge in [-0.05, 0) is 24.6 Å². The molecule has 0 saturated carbocycles. The van der Waals surface area contributed by atoms with E-state index in [1.165, 1.54) is 0 Å². The fourth-order valence-corrected chi connectivity index (χ4v) is 1.43. The third-order valence-corrected chi connectivity index (χ3v) is 2.24. The zero-order valence-corrected chi connectivity index (χ0v) is 9.83. The molecule has 4 heteroatoms. The number of nitrogen functional groups attached to an aromatic ring is 1. The van der Waals surface area contributed by atoms with Gasteiger partial charge in [0.15, 0.2) is 0 Å². The summed E-state index contributed by atoms with van der Waals surface area (Å²) in [4.78, 5) is 11.0. The van der Waals surface area contributed by atoms with Crippen molar-refractivity contribution in [2.24, 2.45) is 0 Å². The molecular formula is C12H14ClNO2. The van der Waals surface area contributed by atoms with Gasteiger partial charge in [0.05, 0.1) is 13.0 Å². The van der Waals surface area contributed by atoms with E-state index in [4.69, 9.17) is 22.1 Å². The van der Waals surface area contributed by atoms with E-state index in [1.54, 1.807) is 37.3 Å². The van der Waals surface area contributed by atoms with E-state index in [1.807, 2.05) is 0 Å². The van der Waals surface area contributed by atoms with E-state index >= 15 is 0 Å². The number of halogens is 1. The van der Waals surface area contributed by atoms with Gasteiger partial charge in [0.1, 0.15) is 0 Å². The number of hydrogen-bond acceptors (Lipinski definition) is 3. The molecule has 16 heavy (non-hydrogen) atoms. The van der Waals surface area contributed by atoms with E-state index in [0.717, 1.165) is 5.56 Å². The van der Waals surface area contributed by atoms with Gasteiger partial charge in [-0.15, -0.1) is 0 Å². The third-order valence-electron chi connectivity index (χ3n) is 1.91. The Hall–Kier alpha value is -1.48. The Bertz CT molecular complexity index is 402. The molecule has 0 saturated heterocycles. The number of anilines is 1. The molecule has 0 radical (unpaired) electrons. The van der Waals surface area contributed by atoms with Crippen LogP contribution >= 0.6 is 11.6 Å². The van der Waals surface area contributed by atoms with Gasteiger partial charge in [0.25, 0.3) is 0 Å². The molecule has 0 fully saturated rings. The smallest absolute Gasteiger partial charge is 0.309 e. The van der Waals surface area contributed by atoms with Gasteiger partial charge in [-0.2, -0.15) is 0 Å². The Morgan fingerprint density at radius 1 is 1.56 bits per heavy atom. The minimum Gasteiger partial charge on any atom is -0.466 e. The largest absolute Gasteiger partial charge is 0.466 e. The van der Waals surface area contributed by atoms with Crippen LogP contribution in [0.15, 0.2) is 24.3 Å². The van der Waals surface area contributed by atoms with E-state index in [0.29, 0.717) is 17.3 Å². The van der Waals surface area contributed by atoms with Gasteiger partial charge in [-0.25, -0.2) is 0 Å². The number of hydrogen-bond donors (Lipinski definition) is 1. The van der Waals surface area contributed by atoms with Crippen molar-refractivity contribution >= 4 is 29.3 Å². The van der Waals surface area contributed by atoms with Gasteiger partial charge in [-0.1, -0.05) is 29.8 Å². The van der Waals surface area contributed by atoms with Crippen molar-refractivity contribution in [3.63, 3.8) is 0 Å². The second kappa shape index (κ2) is 6.18. The van der Waals surface area contributed by atoms with Gasteiger partial charge >= 0.3 is 5.97 Å². The molecule has 0 unspecified atom stereocenters. The summed E-state index contributed by atoms with van der Waals surface area (Å²) in [5, 5.41) is 0.570. The number of rotatable bonds is 4. The molecule has 0 bridgehead atoms. The maximum atomic E-state index is 11.0. The summed E-state index contributed by atoms with van der Waals surface area (Å²) >= 11 is 5.96. The summed E-state index contributed by atoms with van der Waals surface area (Å²) in [7, 11) is 0. The summed E-state index contributed by atoms with van der Waals surface area (Å²) < 4.78 is 4.79. The molecule has 86 valence electrons. The molecule has 3 nitrogen and oxygen atoms in total. The molecule has 0 aliphatic carbocycles. The van der Waals surface area contributed by atoms with E-state index < -0.39 is 0 Å². The van der Waals surface area contributed by atoms with Crippen LogP contribution in [0.25, 0.3) is 6.08 Å². The van der Waals surface area contributed by atoms with Gasteiger partial charge in [0.2, 0.25) is 0 Å². The normalized spacial score (nSPS) is 10.6. The van der Waals surface area contributed by atoms with Crippen LogP contribution < -0.4 is 5.73 Å². The molecule has 0 heterocycles. The predicted molar refractivity (Wildman–Crippen MR) is 66.1 cm³/mol.